The number of nitrogens with one attached hydrogen (secondary N) is 1. The molecular formula is C17H16ClNO3S. The maximum Gasteiger partial charge on any atom is 0.341 e. The maximum atomic E-state index is 12.5. The lowest BCUT2D eigenvalue weighted by Crippen LogP contribution is -2.15. The summed E-state index contributed by atoms with van der Waals surface area (Å²) in [4.78, 5) is 25.8. The number of aryl methyl sites for hydroxylation is 1. The summed E-state index contributed by atoms with van der Waals surface area (Å²) in [7, 11) is 1.36. The highest BCUT2D eigenvalue weighted by atomic mass is 35.5. The van der Waals surface area contributed by atoms with E-state index in [0.717, 1.165) is 36.1 Å². The van der Waals surface area contributed by atoms with Crippen molar-refractivity contribution >= 4 is 39.8 Å². The molecule has 0 radical (unpaired) electrons. The molecule has 6 heteroatoms. The van der Waals surface area contributed by atoms with Gasteiger partial charge in [0.05, 0.1) is 23.3 Å². The van der Waals surface area contributed by atoms with Gasteiger partial charge in [-0.05, 0) is 43.4 Å². The van der Waals surface area contributed by atoms with E-state index in [1.807, 2.05) is 0 Å². The number of carbonyl (C=O) groups is 2. The van der Waals surface area contributed by atoms with Gasteiger partial charge in [0.25, 0.3) is 5.91 Å². The van der Waals surface area contributed by atoms with E-state index < -0.39 is 5.97 Å². The summed E-state index contributed by atoms with van der Waals surface area (Å²) in [6.07, 6.45) is 3.93. The number of rotatable bonds is 3. The molecule has 1 aliphatic carbocycles. The van der Waals surface area contributed by atoms with Crippen LogP contribution in [0, 0.1) is 0 Å². The topological polar surface area (TPSA) is 55.4 Å². The average Bonchev–Trinajstić information content (AvgIpc) is 2.92. The summed E-state index contributed by atoms with van der Waals surface area (Å²) in [5, 5.41) is 3.76. The average molecular weight is 350 g/mol. The fourth-order valence-corrected chi connectivity index (χ4v) is 4.28. The summed E-state index contributed by atoms with van der Waals surface area (Å²) >= 11 is 7.53. The zero-order valence-corrected chi connectivity index (χ0v) is 14.2. The molecule has 1 aromatic heterocycles. The van der Waals surface area contributed by atoms with E-state index in [4.69, 9.17) is 16.3 Å². The molecule has 1 aliphatic rings. The third-order valence-electron chi connectivity index (χ3n) is 3.91. The van der Waals surface area contributed by atoms with Crippen LogP contribution in [0.1, 0.15) is 44.0 Å². The number of esters is 1. The van der Waals surface area contributed by atoms with E-state index in [2.05, 4.69) is 5.32 Å². The number of carbonyl (C=O) groups excluding carboxylic acids is 2. The van der Waals surface area contributed by atoms with Crippen molar-refractivity contribution in [3.05, 3.63) is 50.9 Å². The van der Waals surface area contributed by atoms with Crippen molar-refractivity contribution in [3.8, 4) is 0 Å². The molecule has 1 N–H and O–H groups in total. The number of amides is 1. The number of thiophene rings is 1. The Labute approximate surface area is 143 Å². The van der Waals surface area contributed by atoms with Crippen molar-refractivity contribution in [1.29, 1.82) is 0 Å². The lowest BCUT2D eigenvalue weighted by molar-refractivity contribution is 0.0601. The van der Waals surface area contributed by atoms with Gasteiger partial charge in [0, 0.05) is 4.88 Å². The number of hydrogen-bond acceptors (Lipinski definition) is 4. The fraction of sp³-hybridized carbons (Fsp3) is 0.294. The number of anilines is 1. The maximum absolute atomic E-state index is 12.5. The van der Waals surface area contributed by atoms with E-state index in [1.165, 1.54) is 18.4 Å². The summed E-state index contributed by atoms with van der Waals surface area (Å²) in [6.45, 7) is 0. The molecule has 2 aromatic rings. The highest BCUT2D eigenvalue weighted by Crippen LogP contribution is 2.38. The number of benzene rings is 1. The van der Waals surface area contributed by atoms with Crippen LogP contribution in [0.3, 0.4) is 0 Å². The molecule has 1 amide bonds. The van der Waals surface area contributed by atoms with E-state index in [9.17, 15) is 9.59 Å². The van der Waals surface area contributed by atoms with Gasteiger partial charge < -0.3 is 10.1 Å². The van der Waals surface area contributed by atoms with Gasteiger partial charge in [-0.2, -0.15) is 0 Å². The molecular weight excluding hydrogens is 334 g/mol. The molecule has 3 rings (SSSR count). The van der Waals surface area contributed by atoms with Crippen LogP contribution >= 0.6 is 22.9 Å². The van der Waals surface area contributed by atoms with Crippen LogP contribution in [0.25, 0.3) is 0 Å². The van der Waals surface area contributed by atoms with Crippen molar-refractivity contribution in [2.45, 2.75) is 25.7 Å². The summed E-state index contributed by atoms with van der Waals surface area (Å²) in [5.74, 6) is -0.724. The number of methoxy groups -OCH3 is 1. The van der Waals surface area contributed by atoms with Crippen molar-refractivity contribution in [2.24, 2.45) is 0 Å². The van der Waals surface area contributed by atoms with Gasteiger partial charge in [-0.15, -0.1) is 11.3 Å². The quantitative estimate of drug-likeness (QED) is 0.839. The minimum atomic E-state index is -0.404. The van der Waals surface area contributed by atoms with Gasteiger partial charge in [-0.1, -0.05) is 23.7 Å². The molecule has 1 aromatic carbocycles. The molecule has 0 aliphatic heterocycles. The number of halogens is 1. The van der Waals surface area contributed by atoms with Crippen molar-refractivity contribution in [3.63, 3.8) is 0 Å². The minimum Gasteiger partial charge on any atom is -0.465 e. The monoisotopic (exact) mass is 349 g/mol. The Hall–Kier alpha value is -1.85. The Morgan fingerprint density at radius 2 is 1.96 bits per heavy atom. The molecule has 0 bridgehead atoms. The predicted octanol–water partition coefficient (Wildman–Crippen LogP) is 4.32. The van der Waals surface area contributed by atoms with Crippen LogP contribution < -0.4 is 5.32 Å². The second kappa shape index (κ2) is 6.72. The Morgan fingerprint density at radius 1 is 1.22 bits per heavy atom. The van der Waals surface area contributed by atoms with Gasteiger partial charge >= 0.3 is 5.97 Å². The van der Waals surface area contributed by atoms with Crippen LogP contribution in [0.4, 0.5) is 5.00 Å². The van der Waals surface area contributed by atoms with Gasteiger partial charge in [0.1, 0.15) is 5.00 Å². The highest BCUT2D eigenvalue weighted by molar-refractivity contribution is 7.17. The lowest BCUT2D eigenvalue weighted by Gasteiger charge is -2.11. The summed E-state index contributed by atoms with van der Waals surface area (Å²) in [5.41, 5.74) is 1.89. The third kappa shape index (κ3) is 3.12. The third-order valence-corrected chi connectivity index (χ3v) is 5.44. The first-order valence-corrected chi connectivity index (χ1v) is 8.60. The van der Waals surface area contributed by atoms with Gasteiger partial charge in [0.15, 0.2) is 0 Å². The smallest absolute Gasteiger partial charge is 0.341 e. The molecule has 120 valence electrons. The van der Waals surface area contributed by atoms with Crippen molar-refractivity contribution in [1.82, 2.24) is 0 Å². The Kier molecular flexibility index (Phi) is 4.68. The van der Waals surface area contributed by atoms with E-state index >= 15 is 0 Å². The number of hydrogen-bond donors (Lipinski definition) is 1. The lowest BCUT2D eigenvalue weighted by atomic mass is 9.95. The fourth-order valence-electron chi connectivity index (χ4n) is 2.79. The Balaban J connectivity index is 1.96. The first-order valence-electron chi connectivity index (χ1n) is 7.40. The molecule has 1 heterocycles. The SMILES string of the molecule is COC(=O)c1c(NC(=O)c2ccccc2Cl)sc2c1CCCC2. The predicted molar refractivity (Wildman–Crippen MR) is 91.7 cm³/mol. The molecule has 0 fully saturated rings. The van der Waals surface area contributed by atoms with Gasteiger partial charge in [0.2, 0.25) is 0 Å². The molecule has 0 unspecified atom stereocenters. The van der Waals surface area contributed by atoms with Crippen LogP contribution in [-0.4, -0.2) is 19.0 Å². The first-order chi connectivity index (χ1) is 11.1. The van der Waals surface area contributed by atoms with Gasteiger partial charge in [-0.3, -0.25) is 4.79 Å². The minimum absolute atomic E-state index is 0.320. The normalized spacial score (nSPS) is 13.3. The zero-order valence-electron chi connectivity index (χ0n) is 12.6. The van der Waals surface area contributed by atoms with Crippen molar-refractivity contribution < 1.29 is 14.3 Å². The van der Waals surface area contributed by atoms with Crippen LogP contribution in [0.15, 0.2) is 24.3 Å². The van der Waals surface area contributed by atoms with Crippen LogP contribution in [0.2, 0.25) is 5.02 Å². The molecule has 0 saturated carbocycles. The molecule has 4 nitrogen and oxygen atoms in total. The van der Waals surface area contributed by atoms with Crippen LogP contribution in [-0.2, 0) is 17.6 Å². The second-order valence-corrected chi connectivity index (χ2v) is 6.85. The first kappa shape index (κ1) is 16.0. The number of fused-ring (bicyclic) bond motifs is 1. The largest absolute Gasteiger partial charge is 0.465 e. The van der Waals surface area contributed by atoms with E-state index in [0.29, 0.717) is 21.2 Å². The van der Waals surface area contributed by atoms with Crippen LogP contribution in [0.5, 0.6) is 0 Å². The zero-order chi connectivity index (χ0) is 16.4. The highest BCUT2D eigenvalue weighted by Gasteiger charge is 2.27. The van der Waals surface area contributed by atoms with E-state index in [-0.39, 0.29) is 5.91 Å². The standard InChI is InChI=1S/C17H16ClNO3S/c1-22-17(21)14-11-7-3-5-9-13(11)23-16(14)19-15(20)10-6-2-4-8-12(10)18/h2,4,6,8H,3,5,7,9H2,1H3,(H,19,20). The second-order valence-electron chi connectivity index (χ2n) is 5.34. The summed E-state index contributed by atoms with van der Waals surface area (Å²) in [6, 6.07) is 6.84. The van der Waals surface area contributed by atoms with Crippen molar-refractivity contribution in [2.75, 3.05) is 12.4 Å². The van der Waals surface area contributed by atoms with Gasteiger partial charge in [-0.25, -0.2) is 4.79 Å². The van der Waals surface area contributed by atoms with E-state index in [1.54, 1.807) is 24.3 Å². The Morgan fingerprint density at radius 3 is 2.70 bits per heavy atom. The molecule has 0 spiro atoms. The molecule has 23 heavy (non-hydrogen) atoms. The summed E-state index contributed by atoms with van der Waals surface area (Å²) < 4.78 is 4.90. The Bertz CT molecular complexity index is 769. The molecule has 0 atom stereocenters. The number of ether oxygens (including phenoxy) is 1. The molecule has 0 saturated heterocycles.